The van der Waals surface area contributed by atoms with Gasteiger partial charge in [0.15, 0.2) is 5.69 Å². The number of nitriles is 1. The smallest absolute Gasteiger partial charge is 0.279 e. The summed E-state index contributed by atoms with van der Waals surface area (Å²) in [5, 5.41) is 14.8. The highest BCUT2D eigenvalue weighted by Crippen LogP contribution is 2.29. The first-order valence-corrected chi connectivity index (χ1v) is 5.99. The minimum atomic E-state index is -2.68. The van der Waals surface area contributed by atoms with Crippen LogP contribution in [0.5, 0.6) is 0 Å². The van der Waals surface area contributed by atoms with Gasteiger partial charge < -0.3 is 4.90 Å². The molecule has 1 aromatic heterocycles. The van der Waals surface area contributed by atoms with Crippen molar-refractivity contribution in [1.29, 1.82) is 5.26 Å². The standard InChI is InChI=1S/C12H14F2N4O/c1-12(6-15)3-2-4-18(7-12)11(19)9-5-8(10(13)14)16-17-9/h5,10H,2-4,7H2,1H3,(H,16,17)/t12-/m1/s1. The Morgan fingerprint density at radius 3 is 3.00 bits per heavy atom. The SMILES string of the molecule is C[C@]1(C#N)CCCN(C(=O)c2cc(C(F)F)[nH]n2)C1. The van der Waals surface area contributed by atoms with Crippen molar-refractivity contribution in [2.24, 2.45) is 5.41 Å². The molecule has 1 saturated heterocycles. The lowest BCUT2D eigenvalue weighted by Gasteiger charge is -2.35. The third-order valence-electron chi connectivity index (χ3n) is 3.31. The Balaban J connectivity index is 2.13. The zero-order valence-electron chi connectivity index (χ0n) is 10.5. The molecule has 19 heavy (non-hydrogen) atoms. The molecule has 1 aromatic rings. The van der Waals surface area contributed by atoms with E-state index in [1.807, 2.05) is 0 Å². The average molecular weight is 268 g/mol. The van der Waals surface area contributed by atoms with E-state index in [1.54, 1.807) is 6.92 Å². The molecular formula is C12H14F2N4O. The summed E-state index contributed by atoms with van der Waals surface area (Å²) in [5.41, 5.74) is -0.976. The summed E-state index contributed by atoms with van der Waals surface area (Å²) in [4.78, 5) is 13.6. The van der Waals surface area contributed by atoms with Gasteiger partial charge in [-0.1, -0.05) is 0 Å². The van der Waals surface area contributed by atoms with Crippen LogP contribution in [0.3, 0.4) is 0 Å². The monoisotopic (exact) mass is 268 g/mol. The molecule has 0 bridgehead atoms. The van der Waals surface area contributed by atoms with Gasteiger partial charge in [-0.3, -0.25) is 9.89 Å². The zero-order valence-corrected chi connectivity index (χ0v) is 10.5. The topological polar surface area (TPSA) is 72.8 Å². The van der Waals surface area contributed by atoms with Gasteiger partial charge in [-0.15, -0.1) is 0 Å². The number of hydrogen-bond donors (Lipinski definition) is 1. The quantitative estimate of drug-likeness (QED) is 0.892. The number of carbonyl (C=O) groups excluding carboxylic acids is 1. The molecular weight excluding hydrogens is 254 g/mol. The molecule has 7 heteroatoms. The van der Waals surface area contributed by atoms with Crippen molar-refractivity contribution >= 4 is 5.91 Å². The van der Waals surface area contributed by atoms with Crippen LogP contribution in [0, 0.1) is 16.7 Å². The molecule has 102 valence electrons. The van der Waals surface area contributed by atoms with Gasteiger partial charge in [0.2, 0.25) is 0 Å². The third-order valence-corrected chi connectivity index (χ3v) is 3.31. The Hall–Kier alpha value is -1.97. The third kappa shape index (κ3) is 2.72. The Kier molecular flexibility index (Phi) is 3.51. The maximum absolute atomic E-state index is 12.4. The number of likely N-dealkylation sites (tertiary alicyclic amines) is 1. The highest BCUT2D eigenvalue weighted by atomic mass is 19.3. The molecule has 1 amide bonds. The maximum atomic E-state index is 12.4. The van der Waals surface area contributed by atoms with E-state index in [2.05, 4.69) is 16.3 Å². The van der Waals surface area contributed by atoms with Gasteiger partial charge in [-0.2, -0.15) is 10.4 Å². The minimum Gasteiger partial charge on any atom is -0.336 e. The van der Waals surface area contributed by atoms with Crippen LogP contribution in [0.15, 0.2) is 6.07 Å². The van der Waals surface area contributed by atoms with E-state index >= 15 is 0 Å². The van der Waals surface area contributed by atoms with Crippen LogP contribution in [-0.2, 0) is 0 Å². The molecule has 0 radical (unpaired) electrons. The lowest BCUT2D eigenvalue weighted by Crippen LogP contribution is -2.44. The van der Waals surface area contributed by atoms with E-state index in [0.29, 0.717) is 13.1 Å². The van der Waals surface area contributed by atoms with Crippen LogP contribution < -0.4 is 0 Å². The Bertz CT molecular complexity index is 522. The Morgan fingerprint density at radius 2 is 2.42 bits per heavy atom. The first-order valence-electron chi connectivity index (χ1n) is 5.99. The Labute approximate surface area is 109 Å². The molecule has 1 fully saturated rings. The number of amides is 1. The molecule has 1 N–H and O–H groups in total. The van der Waals surface area contributed by atoms with E-state index < -0.39 is 17.7 Å². The predicted octanol–water partition coefficient (Wildman–Crippen LogP) is 2.11. The summed E-state index contributed by atoms with van der Waals surface area (Å²) in [6, 6.07) is 3.26. The van der Waals surface area contributed by atoms with E-state index in [0.717, 1.165) is 18.9 Å². The van der Waals surface area contributed by atoms with Crippen molar-refractivity contribution in [3.8, 4) is 6.07 Å². The van der Waals surface area contributed by atoms with Gasteiger partial charge in [0.25, 0.3) is 12.3 Å². The van der Waals surface area contributed by atoms with E-state index in [1.165, 1.54) is 4.90 Å². The number of alkyl halides is 2. The summed E-state index contributed by atoms with van der Waals surface area (Å²) in [7, 11) is 0. The molecule has 1 aliphatic rings. The number of nitrogens with one attached hydrogen (secondary N) is 1. The summed E-state index contributed by atoms with van der Waals surface area (Å²) < 4.78 is 24.8. The van der Waals surface area contributed by atoms with Crippen molar-refractivity contribution in [3.05, 3.63) is 17.5 Å². The normalized spacial score (nSPS) is 23.4. The number of rotatable bonds is 2. The van der Waals surface area contributed by atoms with E-state index in [-0.39, 0.29) is 11.4 Å². The fourth-order valence-corrected chi connectivity index (χ4v) is 2.22. The Morgan fingerprint density at radius 1 is 1.68 bits per heavy atom. The largest absolute Gasteiger partial charge is 0.336 e. The van der Waals surface area contributed by atoms with Crippen LogP contribution in [-0.4, -0.2) is 34.1 Å². The number of nitrogens with zero attached hydrogens (tertiary/aromatic N) is 3. The highest BCUT2D eigenvalue weighted by Gasteiger charge is 2.34. The van der Waals surface area contributed by atoms with Crippen molar-refractivity contribution in [1.82, 2.24) is 15.1 Å². The van der Waals surface area contributed by atoms with Crippen LogP contribution in [0.25, 0.3) is 0 Å². The van der Waals surface area contributed by atoms with Crippen molar-refractivity contribution in [2.75, 3.05) is 13.1 Å². The second kappa shape index (κ2) is 4.96. The number of carbonyl (C=O) groups is 1. The predicted molar refractivity (Wildman–Crippen MR) is 62.4 cm³/mol. The molecule has 2 heterocycles. The number of H-pyrrole nitrogens is 1. The highest BCUT2D eigenvalue weighted by molar-refractivity contribution is 5.92. The molecule has 0 aliphatic carbocycles. The second-order valence-corrected chi connectivity index (χ2v) is 5.01. The molecule has 5 nitrogen and oxygen atoms in total. The zero-order chi connectivity index (χ0) is 14.0. The molecule has 2 rings (SSSR count). The van der Waals surface area contributed by atoms with Crippen LogP contribution in [0.4, 0.5) is 8.78 Å². The van der Waals surface area contributed by atoms with Gasteiger partial charge in [-0.05, 0) is 25.8 Å². The number of aromatic amines is 1. The van der Waals surface area contributed by atoms with Gasteiger partial charge in [0.1, 0.15) is 5.69 Å². The fraction of sp³-hybridized carbons (Fsp3) is 0.583. The first-order chi connectivity index (χ1) is 8.95. The summed E-state index contributed by atoms with van der Waals surface area (Å²) in [6.07, 6.45) is -1.22. The van der Waals surface area contributed by atoms with Crippen molar-refractivity contribution in [2.45, 2.75) is 26.2 Å². The number of aromatic nitrogens is 2. The lowest BCUT2D eigenvalue weighted by atomic mass is 9.83. The van der Waals surface area contributed by atoms with Crippen LogP contribution in [0.2, 0.25) is 0 Å². The fourth-order valence-electron chi connectivity index (χ4n) is 2.22. The number of piperidine rings is 1. The van der Waals surface area contributed by atoms with Crippen LogP contribution >= 0.6 is 0 Å². The molecule has 0 saturated carbocycles. The molecule has 0 unspecified atom stereocenters. The van der Waals surface area contributed by atoms with E-state index in [9.17, 15) is 13.6 Å². The molecule has 0 aromatic carbocycles. The summed E-state index contributed by atoms with van der Waals surface area (Å²) in [6.45, 7) is 2.62. The van der Waals surface area contributed by atoms with Crippen molar-refractivity contribution in [3.63, 3.8) is 0 Å². The molecule has 0 spiro atoms. The first kappa shape index (κ1) is 13.5. The average Bonchev–Trinajstić information content (AvgIpc) is 2.87. The number of halogens is 2. The van der Waals surface area contributed by atoms with E-state index in [4.69, 9.17) is 5.26 Å². The summed E-state index contributed by atoms with van der Waals surface area (Å²) in [5.74, 6) is -0.413. The molecule has 1 aliphatic heterocycles. The van der Waals surface area contributed by atoms with Gasteiger partial charge in [0.05, 0.1) is 11.5 Å². The van der Waals surface area contributed by atoms with Gasteiger partial charge >= 0.3 is 0 Å². The van der Waals surface area contributed by atoms with Gasteiger partial charge in [0, 0.05) is 13.1 Å². The molecule has 1 atom stereocenters. The minimum absolute atomic E-state index is 0.0301. The van der Waals surface area contributed by atoms with Gasteiger partial charge in [-0.25, -0.2) is 8.78 Å². The lowest BCUT2D eigenvalue weighted by molar-refractivity contribution is 0.0624. The number of hydrogen-bond acceptors (Lipinski definition) is 3. The summed E-state index contributed by atoms with van der Waals surface area (Å²) >= 11 is 0. The van der Waals surface area contributed by atoms with Crippen molar-refractivity contribution < 1.29 is 13.6 Å². The van der Waals surface area contributed by atoms with Crippen LogP contribution in [0.1, 0.15) is 42.4 Å². The second-order valence-electron chi connectivity index (χ2n) is 5.01. The maximum Gasteiger partial charge on any atom is 0.279 e.